The van der Waals surface area contributed by atoms with Crippen molar-refractivity contribution >= 4 is 22.4 Å². The zero-order chi connectivity index (χ0) is 6.69. The van der Waals surface area contributed by atoms with Crippen molar-refractivity contribution in [2.75, 3.05) is 13.8 Å². The molecular formula is C5H7BrN2O. The third kappa shape index (κ3) is 1.71. The maximum atomic E-state index is 4.90. The Hall–Kier alpha value is -0.510. The summed E-state index contributed by atoms with van der Waals surface area (Å²) in [6.07, 6.45) is 3.52. The molecule has 0 saturated carbocycles. The van der Waals surface area contributed by atoms with Gasteiger partial charge < -0.3 is 4.74 Å². The second-order valence-corrected chi connectivity index (χ2v) is 2.50. The Kier molecular flexibility index (Phi) is 2.10. The summed E-state index contributed by atoms with van der Waals surface area (Å²) >= 11 is 3.23. The maximum absolute atomic E-state index is 4.90. The normalized spacial score (nSPS) is 17.6. The lowest BCUT2D eigenvalue weighted by Gasteiger charge is -2.12. The van der Waals surface area contributed by atoms with Gasteiger partial charge in [0, 0.05) is 0 Å². The van der Waals surface area contributed by atoms with Crippen molar-refractivity contribution < 1.29 is 4.74 Å². The van der Waals surface area contributed by atoms with Gasteiger partial charge in [0.25, 0.3) is 0 Å². The molecule has 1 rings (SSSR count). The Balaban J connectivity index is 2.59. The molecule has 0 atom stereocenters. The van der Waals surface area contributed by atoms with Crippen LogP contribution in [0.5, 0.6) is 0 Å². The smallest absolute Gasteiger partial charge is 0.153 e. The average molecular weight is 191 g/mol. The number of allylic oxidation sites excluding steroid dienone is 1. The summed E-state index contributed by atoms with van der Waals surface area (Å²) in [4.78, 5) is 3.97. The molecule has 0 saturated heterocycles. The van der Waals surface area contributed by atoms with E-state index in [0.717, 1.165) is 5.76 Å². The van der Waals surface area contributed by atoms with Gasteiger partial charge in [-0.1, -0.05) is 0 Å². The Morgan fingerprint density at radius 2 is 2.67 bits per heavy atom. The van der Waals surface area contributed by atoms with Crippen LogP contribution in [0.15, 0.2) is 17.0 Å². The van der Waals surface area contributed by atoms with Gasteiger partial charge in [-0.15, -0.1) is 0 Å². The zero-order valence-electron chi connectivity index (χ0n) is 5.04. The molecule has 0 aliphatic carbocycles. The molecule has 3 nitrogen and oxygen atoms in total. The molecule has 0 unspecified atom stereocenters. The maximum Gasteiger partial charge on any atom is 0.153 e. The predicted octanol–water partition coefficient (Wildman–Crippen LogP) is 1.13. The first-order valence-corrected chi connectivity index (χ1v) is 3.22. The highest BCUT2D eigenvalue weighted by Crippen LogP contribution is 2.06. The highest BCUT2D eigenvalue weighted by atomic mass is 79.9. The van der Waals surface area contributed by atoms with Crippen molar-refractivity contribution in [3.63, 3.8) is 0 Å². The van der Waals surface area contributed by atoms with Crippen molar-refractivity contribution in [2.45, 2.75) is 0 Å². The monoisotopic (exact) mass is 190 g/mol. The highest BCUT2D eigenvalue weighted by molar-refractivity contribution is 9.07. The summed E-state index contributed by atoms with van der Waals surface area (Å²) < 4.78 is 6.67. The molecule has 0 aromatic rings. The minimum Gasteiger partial charge on any atom is -0.494 e. The summed E-state index contributed by atoms with van der Waals surface area (Å²) in [7, 11) is 1.62. The van der Waals surface area contributed by atoms with Gasteiger partial charge in [-0.05, 0) is 0 Å². The zero-order valence-corrected chi connectivity index (χ0v) is 6.63. The van der Waals surface area contributed by atoms with Crippen LogP contribution in [0.2, 0.25) is 0 Å². The molecule has 50 valence electrons. The first kappa shape index (κ1) is 6.61. The molecule has 1 aliphatic rings. The number of aliphatic imine (C=N–C) groups is 1. The SMILES string of the molecule is COC1=CN(Br)CN=C1. The van der Waals surface area contributed by atoms with E-state index in [1.165, 1.54) is 0 Å². The van der Waals surface area contributed by atoms with Crippen molar-refractivity contribution in [3.8, 4) is 0 Å². The molecule has 1 aliphatic heterocycles. The molecule has 1 heterocycles. The molecule has 0 N–H and O–H groups in total. The number of ether oxygens (including phenoxy) is 1. The number of halogens is 1. The van der Waals surface area contributed by atoms with Gasteiger partial charge >= 0.3 is 0 Å². The molecule has 0 aromatic carbocycles. The standard InChI is InChI=1S/C5H7BrN2O/c1-9-5-2-7-4-8(6)3-5/h2-3H,4H2,1H3. The molecule has 9 heavy (non-hydrogen) atoms. The topological polar surface area (TPSA) is 24.8 Å². The predicted molar refractivity (Wildman–Crippen MR) is 39.2 cm³/mol. The van der Waals surface area contributed by atoms with Gasteiger partial charge in [0.15, 0.2) is 5.76 Å². The van der Waals surface area contributed by atoms with Gasteiger partial charge in [-0.3, -0.25) is 8.92 Å². The molecule has 0 aromatic heterocycles. The van der Waals surface area contributed by atoms with E-state index in [0.29, 0.717) is 6.67 Å². The van der Waals surface area contributed by atoms with Crippen molar-refractivity contribution in [3.05, 3.63) is 12.0 Å². The van der Waals surface area contributed by atoms with Gasteiger partial charge in [-0.25, -0.2) is 0 Å². The van der Waals surface area contributed by atoms with Crippen LogP contribution in [0.3, 0.4) is 0 Å². The van der Waals surface area contributed by atoms with E-state index >= 15 is 0 Å². The molecule has 0 radical (unpaired) electrons. The summed E-state index contributed by atoms with van der Waals surface area (Å²) in [5.74, 6) is 0.762. The third-order valence-electron chi connectivity index (χ3n) is 0.938. The van der Waals surface area contributed by atoms with E-state index in [1.807, 2.05) is 6.20 Å². The Morgan fingerprint density at radius 1 is 1.89 bits per heavy atom. The summed E-state index contributed by atoms with van der Waals surface area (Å²) in [5.41, 5.74) is 0. The quantitative estimate of drug-likeness (QED) is 0.580. The van der Waals surface area contributed by atoms with E-state index in [-0.39, 0.29) is 0 Å². The summed E-state index contributed by atoms with van der Waals surface area (Å²) in [5, 5.41) is 0. The van der Waals surface area contributed by atoms with E-state index < -0.39 is 0 Å². The first-order chi connectivity index (χ1) is 4.33. The Bertz CT molecular complexity index is 155. The molecular weight excluding hydrogens is 184 g/mol. The highest BCUT2D eigenvalue weighted by Gasteiger charge is 2.00. The van der Waals surface area contributed by atoms with Crippen LogP contribution in [-0.2, 0) is 4.74 Å². The second kappa shape index (κ2) is 2.87. The molecule has 0 bridgehead atoms. The first-order valence-electron chi connectivity index (χ1n) is 2.51. The third-order valence-corrected chi connectivity index (χ3v) is 1.37. The molecule has 4 heteroatoms. The number of hydrogen-bond acceptors (Lipinski definition) is 3. The van der Waals surface area contributed by atoms with E-state index in [2.05, 4.69) is 21.1 Å². The fraction of sp³-hybridized carbons (Fsp3) is 0.400. The molecule has 0 amide bonds. The largest absolute Gasteiger partial charge is 0.494 e. The van der Waals surface area contributed by atoms with Crippen LogP contribution in [0.25, 0.3) is 0 Å². The van der Waals surface area contributed by atoms with E-state index in [4.69, 9.17) is 4.74 Å². The van der Waals surface area contributed by atoms with E-state index in [1.54, 1.807) is 17.3 Å². The van der Waals surface area contributed by atoms with Crippen LogP contribution in [0, 0.1) is 0 Å². The van der Waals surface area contributed by atoms with Crippen LogP contribution >= 0.6 is 16.1 Å². The Labute approximate surface area is 62.3 Å². The lowest BCUT2D eigenvalue weighted by Crippen LogP contribution is -2.10. The summed E-state index contributed by atoms with van der Waals surface area (Å²) in [6, 6.07) is 0. The fourth-order valence-electron chi connectivity index (χ4n) is 0.526. The van der Waals surface area contributed by atoms with Gasteiger partial charge in [-0.2, -0.15) is 0 Å². The molecule has 0 spiro atoms. The van der Waals surface area contributed by atoms with Crippen molar-refractivity contribution in [1.29, 1.82) is 0 Å². The number of methoxy groups -OCH3 is 1. The minimum atomic E-state index is 0.646. The Morgan fingerprint density at radius 3 is 3.11 bits per heavy atom. The lowest BCUT2D eigenvalue weighted by molar-refractivity contribution is 0.308. The number of nitrogens with zero attached hydrogens (tertiary/aromatic N) is 2. The fourth-order valence-corrected chi connectivity index (χ4v) is 0.858. The van der Waals surface area contributed by atoms with Crippen LogP contribution in [-0.4, -0.2) is 23.9 Å². The van der Waals surface area contributed by atoms with Gasteiger partial charge in [0.05, 0.1) is 35.7 Å². The van der Waals surface area contributed by atoms with Crippen molar-refractivity contribution in [2.24, 2.45) is 4.99 Å². The van der Waals surface area contributed by atoms with Crippen LogP contribution in [0.1, 0.15) is 0 Å². The second-order valence-electron chi connectivity index (χ2n) is 1.59. The number of hydrogen-bond donors (Lipinski definition) is 0. The summed E-state index contributed by atoms with van der Waals surface area (Å²) in [6.45, 7) is 0.646. The van der Waals surface area contributed by atoms with Crippen LogP contribution in [0.4, 0.5) is 0 Å². The minimum absolute atomic E-state index is 0.646. The van der Waals surface area contributed by atoms with E-state index in [9.17, 15) is 0 Å². The molecule has 0 fully saturated rings. The van der Waals surface area contributed by atoms with Gasteiger partial charge in [0.1, 0.15) is 6.67 Å². The van der Waals surface area contributed by atoms with Crippen LogP contribution < -0.4 is 0 Å². The van der Waals surface area contributed by atoms with Gasteiger partial charge in [0.2, 0.25) is 0 Å². The average Bonchev–Trinajstić information content (AvgIpc) is 1.88. The number of rotatable bonds is 1. The van der Waals surface area contributed by atoms with Crippen molar-refractivity contribution in [1.82, 2.24) is 3.93 Å². The lowest BCUT2D eigenvalue weighted by atomic mass is 10.5.